The van der Waals surface area contributed by atoms with Crippen molar-refractivity contribution < 1.29 is 14.3 Å². The van der Waals surface area contributed by atoms with Gasteiger partial charge in [-0.25, -0.2) is 0 Å². The number of nitrogen functional groups attached to an aromatic ring is 1. The fourth-order valence-corrected chi connectivity index (χ4v) is 3.84. The lowest BCUT2D eigenvalue weighted by atomic mass is 9.80. The van der Waals surface area contributed by atoms with Gasteiger partial charge in [-0.05, 0) is 30.5 Å². The normalized spacial score (nSPS) is 19.0. The summed E-state index contributed by atoms with van der Waals surface area (Å²) >= 11 is 0. The summed E-state index contributed by atoms with van der Waals surface area (Å²) in [6.07, 6.45) is 4.91. The lowest BCUT2D eigenvalue weighted by molar-refractivity contribution is 0.0643. The van der Waals surface area contributed by atoms with Crippen molar-refractivity contribution in [2.24, 2.45) is 11.7 Å². The molecule has 1 saturated carbocycles. The van der Waals surface area contributed by atoms with Crippen molar-refractivity contribution in [2.45, 2.75) is 25.7 Å². The molecule has 0 aromatic heterocycles. The van der Waals surface area contributed by atoms with E-state index in [-0.39, 0.29) is 5.91 Å². The van der Waals surface area contributed by atoms with Gasteiger partial charge in [0.25, 0.3) is 5.91 Å². The summed E-state index contributed by atoms with van der Waals surface area (Å²) in [4.78, 5) is 17.1. The largest absolute Gasteiger partial charge is 0.495 e. The maximum atomic E-state index is 12.8. The lowest BCUT2D eigenvalue weighted by Crippen LogP contribution is -2.49. The van der Waals surface area contributed by atoms with Crippen molar-refractivity contribution >= 4 is 11.6 Å². The van der Waals surface area contributed by atoms with Gasteiger partial charge in [-0.1, -0.05) is 19.3 Å². The Morgan fingerprint density at radius 1 is 1.18 bits per heavy atom. The van der Waals surface area contributed by atoms with E-state index in [9.17, 15) is 4.79 Å². The first-order chi connectivity index (χ1) is 13.5. The molecule has 1 amide bonds. The first-order valence-electron chi connectivity index (χ1n) is 9.98. The van der Waals surface area contributed by atoms with E-state index in [0.29, 0.717) is 36.0 Å². The van der Waals surface area contributed by atoms with E-state index in [2.05, 4.69) is 4.90 Å². The van der Waals surface area contributed by atoms with Crippen molar-refractivity contribution in [2.75, 3.05) is 52.7 Å². The van der Waals surface area contributed by atoms with Crippen molar-refractivity contribution in [3.63, 3.8) is 0 Å². The van der Waals surface area contributed by atoms with Crippen molar-refractivity contribution in [3.05, 3.63) is 35.2 Å². The number of nitrogens with zero attached hydrogens (tertiary/aromatic N) is 2. The van der Waals surface area contributed by atoms with Gasteiger partial charge in [0.1, 0.15) is 5.75 Å². The Hall–Kier alpha value is -2.41. The fraction of sp³-hybridized carbons (Fsp3) is 0.571. The Kier molecular flexibility index (Phi) is 6.67. The van der Waals surface area contributed by atoms with E-state index in [4.69, 9.17) is 20.9 Å². The molecule has 7 nitrogen and oxygen atoms in total. The lowest BCUT2D eigenvalue weighted by Gasteiger charge is -2.36. The zero-order valence-corrected chi connectivity index (χ0v) is 16.9. The van der Waals surface area contributed by atoms with Crippen LogP contribution in [-0.2, 0) is 4.74 Å². The van der Waals surface area contributed by atoms with E-state index in [1.807, 2.05) is 4.90 Å². The zero-order chi connectivity index (χ0) is 20.1. The van der Waals surface area contributed by atoms with Crippen LogP contribution in [0.3, 0.4) is 0 Å². The van der Waals surface area contributed by atoms with Gasteiger partial charge in [-0.2, -0.15) is 0 Å². The van der Waals surface area contributed by atoms with Gasteiger partial charge in [0.05, 0.1) is 19.9 Å². The molecule has 0 unspecified atom stereocenters. The van der Waals surface area contributed by atoms with Crippen LogP contribution < -0.4 is 16.2 Å². The van der Waals surface area contributed by atoms with Crippen molar-refractivity contribution in [3.8, 4) is 5.75 Å². The molecule has 0 spiro atoms. The molecule has 1 aliphatic heterocycles. The van der Waals surface area contributed by atoms with Crippen LogP contribution in [-0.4, -0.2) is 62.7 Å². The molecule has 0 bridgehead atoms. The molecule has 1 heterocycles. The minimum atomic E-state index is 0.0135. The van der Waals surface area contributed by atoms with Crippen LogP contribution in [0.4, 0.5) is 5.69 Å². The molecule has 2 fully saturated rings. The first-order valence-corrected chi connectivity index (χ1v) is 9.98. The third-order valence-electron chi connectivity index (χ3n) is 5.88. The topological polar surface area (TPSA) is 94.1 Å². The van der Waals surface area contributed by atoms with Crippen molar-refractivity contribution in [1.29, 1.82) is 0 Å². The number of ether oxygens (including phenoxy) is 2. The quantitative estimate of drug-likeness (QED) is 0.548. The predicted octanol–water partition coefficient (Wildman–Crippen LogP) is 2.04. The monoisotopic (exact) mass is 388 g/mol. The Labute approximate surface area is 167 Å². The minimum Gasteiger partial charge on any atom is -0.495 e. The molecule has 7 heteroatoms. The molecule has 4 N–H and O–H groups in total. The highest BCUT2D eigenvalue weighted by Gasteiger charge is 2.26. The van der Waals surface area contributed by atoms with E-state index >= 15 is 0 Å². The molecule has 154 valence electrons. The van der Waals surface area contributed by atoms with Crippen LogP contribution >= 0.6 is 0 Å². The number of hydrogen-bond donors (Lipinski definition) is 2. The van der Waals surface area contributed by atoms with Gasteiger partial charge in [0.15, 0.2) is 5.88 Å². The molecule has 28 heavy (non-hydrogen) atoms. The van der Waals surface area contributed by atoms with E-state index in [1.54, 1.807) is 32.4 Å². The Morgan fingerprint density at radius 3 is 2.46 bits per heavy atom. The number of carbonyl (C=O) groups is 1. The number of benzene rings is 1. The Morgan fingerprint density at radius 2 is 1.89 bits per heavy atom. The molecular formula is C21H32N4O3. The van der Waals surface area contributed by atoms with E-state index in [1.165, 1.54) is 24.8 Å². The van der Waals surface area contributed by atoms with Crippen LogP contribution in [0, 0.1) is 5.92 Å². The zero-order valence-electron chi connectivity index (χ0n) is 16.9. The van der Waals surface area contributed by atoms with Gasteiger partial charge in [0.2, 0.25) is 0 Å². The molecule has 0 atom stereocenters. The summed E-state index contributed by atoms with van der Waals surface area (Å²) in [5.74, 6) is 1.84. The summed E-state index contributed by atoms with van der Waals surface area (Å²) < 4.78 is 10.5. The Bertz CT molecular complexity index is 722. The number of methoxy groups -OCH3 is 2. The molecule has 2 aliphatic rings. The number of rotatable bonds is 7. The highest BCUT2D eigenvalue weighted by molar-refractivity contribution is 5.95. The van der Waals surface area contributed by atoms with Crippen LogP contribution in [0.2, 0.25) is 0 Å². The predicted molar refractivity (Wildman–Crippen MR) is 110 cm³/mol. The summed E-state index contributed by atoms with van der Waals surface area (Å²) in [7, 11) is 3.19. The summed E-state index contributed by atoms with van der Waals surface area (Å²) in [6, 6.07) is 5.18. The average Bonchev–Trinajstić information content (AvgIpc) is 2.69. The number of carbonyl (C=O) groups excluding carboxylic acids is 1. The molecule has 1 aromatic rings. The second-order valence-electron chi connectivity index (χ2n) is 7.70. The highest BCUT2D eigenvalue weighted by atomic mass is 16.5. The van der Waals surface area contributed by atoms with Gasteiger partial charge >= 0.3 is 0 Å². The average molecular weight is 389 g/mol. The molecule has 0 radical (unpaired) electrons. The van der Waals surface area contributed by atoms with E-state index < -0.39 is 0 Å². The second-order valence-corrected chi connectivity index (χ2v) is 7.70. The van der Waals surface area contributed by atoms with Crippen LogP contribution in [0.5, 0.6) is 5.75 Å². The number of anilines is 1. The molecular weight excluding hydrogens is 356 g/mol. The van der Waals surface area contributed by atoms with Gasteiger partial charge in [-0.15, -0.1) is 0 Å². The number of amides is 1. The second kappa shape index (κ2) is 9.19. The first kappa shape index (κ1) is 20.3. The minimum absolute atomic E-state index is 0.0135. The third-order valence-corrected chi connectivity index (χ3v) is 5.88. The van der Waals surface area contributed by atoms with Crippen LogP contribution in [0.15, 0.2) is 29.7 Å². The summed E-state index contributed by atoms with van der Waals surface area (Å²) in [5.41, 5.74) is 14.3. The molecule has 1 saturated heterocycles. The van der Waals surface area contributed by atoms with Gasteiger partial charge in [-0.3, -0.25) is 9.69 Å². The Balaban J connectivity index is 1.56. The fourth-order valence-electron chi connectivity index (χ4n) is 3.84. The molecule has 1 aromatic carbocycles. The summed E-state index contributed by atoms with van der Waals surface area (Å²) in [5, 5.41) is 0. The molecule has 3 rings (SSSR count). The number of nitrogens with two attached hydrogens (primary N) is 2. The number of piperazine rings is 1. The van der Waals surface area contributed by atoms with Crippen LogP contribution in [0.25, 0.3) is 0 Å². The SMILES string of the molecule is CO/C(N)=C(/CC1CCC1)CN1CCN(C(=O)c2ccc(N)c(OC)c2)CC1. The number of hydrogen-bond acceptors (Lipinski definition) is 6. The standard InChI is InChI=1S/C21H32N4O3/c1-27-19-13-16(6-7-18(19)22)21(26)25-10-8-24(9-11-25)14-17(20(23)28-2)12-15-4-3-5-15/h6-7,13,15H,3-5,8-12,14,22-23H2,1-2H3/b20-17-. The maximum Gasteiger partial charge on any atom is 0.254 e. The van der Waals surface area contributed by atoms with Crippen molar-refractivity contribution in [1.82, 2.24) is 9.80 Å². The molecule has 1 aliphatic carbocycles. The maximum absolute atomic E-state index is 12.8. The van der Waals surface area contributed by atoms with Crippen LogP contribution in [0.1, 0.15) is 36.0 Å². The van der Waals surface area contributed by atoms with Gasteiger partial charge < -0.3 is 25.8 Å². The third kappa shape index (κ3) is 4.70. The highest BCUT2D eigenvalue weighted by Crippen LogP contribution is 2.33. The van der Waals surface area contributed by atoms with E-state index in [0.717, 1.165) is 32.0 Å². The smallest absolute Gasteiger partial charge is 0.254 e. The van der Waals surface area contributed by atoms with Gasteiger partial charge in [0, 0.05) is 43.9 Å². The summed E-state index contributed by atoms with van der Waals surface area (Å²) in [6.45, 7) is 3.84.